The van der Waals surface area contributed by atoms with E-state index in [1.165, 1.54) is 6.07 Å². The molecular formula is C15H15FN2O. The summed E-state index contributed by atoms with van der Waals surface area (Å²) in [5, 5.41) is 2.77. The minimum absolute atomic E-state index is 0.179. The molecule has 3 nitrogen and oxygen atoms in total. The topological polar surface area (TPSA) is 42.0 Å². The van der Waals surface area contributed by atoms with Crippen LogP contribution in [0.25, 0.3) is 0 Å². The van der Waals surface area contributed by atoms with Gasteiger partial charge in [-0.2, -0.15) is 0 Å². The Labute approximate surface area is 111 Å². The maximum Gasteiger partial charge on any atom is 0.253 e. The fourth-order valence-electron chi connectivity index (χ4n) is 1.83. The summed E-state index contributed by atoms with van der Waals surface area (Å²) < 4.78 is 13.4. The van der Waals surface area contributed by atoms with E-state index in [0.717, 1.165) is 0 Å². The molecule has 2 aromatic rings. The molecule has 0 spiro atoms. The van der Waals surface area contributed by atoms with Crippen LogP contribution in [0.3, 0.4) is 0 Å². The molecule has 0 aliphatic carbocycles. The minimum atomic E-state index is -0.241. The number of carbonyl (C=O) groups is 1. The molecule has 2 rings (SSSR count). The van der Waals surface area contributed by atoms with Crippen LogP contribution in [-0.4, -0.2) is 17.4 Å². The van der Waals surface area contributed by atoms with Crippen LogP contribution in [0.5, 0.6) is 0 Å². The number of nitrogens with one attached hydrogen (secondary N) is 1. The maximum atomic E-state index is 13.4. The Kier molecular flexibility index (Phi) is 4.23. The van der Waals surface area contributed by atoms with Gasteiger partial charge >= 0.3 is 0 Å². The van der Waals surface area contributed by atoms with Crippen molar-refractivity contribution in [1.29, 1.82) is 0 Å². The monoisotopic (exact) mass is 258 g/mol. The molecule has 1 N–H and O–H groups in total. The Balaban J connectivity index is 1.92. The second-order valence-electron chi connectivity index (χ2n) is 4.23. The molecule has 0 fully saturated rings. The number of halogens is 1. The SMILES string of the molecule is Cc1ncccc1C(=O)NCCc1ccccc1F. The standard InChI is InChI=1S/C15H15FN2O/c1-11-13(6-4-9-17-11)15(19)18-10-8-12-5-2-3-7-14(12)16/h2-7,9H,8,10H2,1H3,(H,18,19). The number of nitrogens with zero attached hydrogens (tertiary/aromatic N) is 1. The van der Waals surface area contributed by atoms with E-state index in [0.29, 0.717) is 29.8 Å². The summed E-state index contributed by atoms with van der Waals surface area (Å²) in [5.74, 6) is -0.420. The van der Waals surface area contributed by atoms with Gasteiger partial charge in [-0.3, -0.25) is 9.78 Å². The summed E-state index contributed by atoms with van der Waals surface area (Å²) >= 11 is 0. The lowest BCUT2D eigenvalue weighted by Gasteiger charge is -2.07. The van der Waals surface area contributed by atoms with Crippen molar-refractivity contribution in [3.05, 3.63) is 65.2 Å². The highest BCUT2D eigenvalue weighted by molar-refractivity contribution is 5.95. The molecular weight excluding hydrogens is 243 g/mol. The van der Waals surface area contributed by atoms with E-state index in [9.17, 15) is 9.18 Å². The van der Waals surface area contributed by atoms with Crippen molar-refractivity contribution in [2.75, 3.05) is 6.54 Å². The lowest BCUT2D eigenvalue weighted by molar-refractivity contribution is 0.0953. The van der Waals surface area contributed by atoms with Crippen LogP contribution in [0, 0.1) is 12.7 Å². The van der Waals surface area contributed by atoms with Crippen molar-refractivity contribution in [2.24, 2.45) is 0 Å². The number of pyridine rings is 1. The van der Waals surface area contributed by atoms with E-state index in [4.69, 9.17) is 0 Å². The maximum absolute atomic E-state index is 13.4. The van der Waals surface area contributed by atoms with Crippen molar-refractivity contribution in [3.8, 4) is 0 Å². The second kappa shape index (κ2) is 6.09. The Morgan fingerprint density at radius 3 is 2.79 bits per heavy atom. The summed E-state index contributed by atoms with van der Waals surface area (Å²) in [6, 6.07) is 10.0. The molecule has 1 aromatic heterocycles. The van der Waals surface area contributed by atoms with E-state index >= 15 is 0 Å². The lowest BCUT2D eigenvalue weighted by atomic mass is 10.1. The Bertz CT molecular complexity index is 584. The summed E-state index contributed by atoms with van der Waals surface area (Å²) in [7, 11) is 0. The number of amides is 1. The van der Waals surface area contributed by atoms with Crippen molar-refractivity contribution >= 4 is 5.91 Å². The van der Waals surface area contributed by atoms with Crippen LogP contribution < -0.4 is 5.32 Å². The number of aromatic nitrogens is 1. The number of rotatable bonds is 4. The highest BCUT2D eigenvalue weighted by atomic mass is 19.1. The van der Waals surface area contributed by atoms with E-state index in [2.05, 4.69) is 10.3 Å². The molecule has 19 heavy (non-hydrogen) atoms. The average Bonchev–Trinajstić information content (AvgIpc) is 2.41. The van der Waals surface area contributed by atoms with Gasteiger partial charge in [-0.05, 0) is 37.1 Å². The fourth-order valence-corrected chi connectivity index (χ4v) is 1.83. The highest BCUT2D eigenvalue weighted by Crippen LogP contribution is 2.07. The first-order valence-electron chi connectivity index (χ1n) is 6.11. The van der Waals surface area contributed by atoms with Crippen molar-refractivity contribution in [2.45, 2.75) is 13.3 Å². The molecule has 0 atom stereocenters. The fraction of sp³-hybridized carbons (Fsp3) is 0.200. The summed E-state index contributed by atoms with van der Waals surface area (Å²) in [6.45, 7) is 2.18. The zero-order valence-corrected chi connectivity index (χ0v) is 10.7. The van der Waals surface area contributed by atoms with Crippen molar-refractivity contribution < 1.29 is 9.18 Å². The number of carbonyl (C=O) groups excluding carboxylic acids is 1. The number of hydrogen-bond acceptors (Lipinski definition) is 2. The predicted molar refractivity (Wildman–Crippen MR) is 71.4 cm³/mol. The molecule has 0 bridgehead atoms. The van der Waals surface area contributed by atoms with Gasteiger partial charge in [0.25, 0.3) is 5.91 Å². The third-order valence-electron chi connectivity index (χ3n) is 2.89. The van der Waals surface area contributed by atoms with Crippen molar-refractivity contribution in [3.63, 3.8) is 0 Å². The molecule has 0 saturated carbocycles. The van der Waals surface area contributed by atoms with Gasteiger partial charge in [0, 0.05) is 18.4 Å². The van der Waals surface area contributed by atoms with E-state index in [-0.39, 0.29) is 11.7 Å². The number of aryl methyl sites for hydroxylation is 1. The molecule has 1 heterocycles. The van der Waals surface area contributed by atoms with E-state index < -0.39 is 0 Å². The summed E-state index contributed by atoms with van der Waals surface area (Å²) in [4.78, 5) is 16.0. The van der Waals surface area contributed by atoms with Gasteiger partial charge in [0.2, 0.25) is 0 Å². The van der Waals surface area contributed by atoms with E-state index in [1.807, 2.05) is 0 Å². The number of hydrogen-bond donors (Lipinski definition) is 1. The third-order valence-corrected chi connectivity index (χ3v) is 2.89. The first-order valence-corrected chi connectivity index (χ1v) is 6.11. The molecule has 0 saturated heterocycles. The normalized spacial score (nSPS) is 10.2. The Morgan fingerprint density at radius 1 is 1.26 bits per heavy atom. The summed E-state index contributed by atoms with van der Waals surface area (Å²) in [6.07, 6.45) is 2.11. The molecule has 1 amide bonds. The van der Waals surface area contributed by atoms with Gasteiger partial charge < -0.3 is 5.32 Å². The molecule has 1 aromatic carbocycles. The van der Waals surface area contributed by atoms with Crippen LogP contribution in [0.4, 0.5) is 4.39 Å². The zero-order chi connectivity index (χ0) is 13.7. The Hall–Kier alpha value is -2.23. The molecule has 0 unspecified atom stereocenters. The lowest BCUT2D eigenvalue weighted by Crippen LogP contribution is -2.26. The van der Waals surface area contributed by atoms with Gasteiger partial charge in [0.05, 0.1) is 5.56 Å². The largest absolute Gasteiger partial charge is 0.352 e. The third kappa shape index (κ3) is 3.37. The molecule has 4 heteroatoms. The minimum Gasteiger partial charge on any atom is -0.352 e. The highest BCUT2D eigenvalue weighted by Gasteiger charge is 2.08. The molecule has 0 radical (unpaired) electrons. The second-order valence-corrected chi connectivity index (χ2v) is 4.23. The van der Waals surface area contributed by atoms with E-state index in [1.54, 1.807) is 43.5 Å². The molecule has 0 aliphatic rings. The first kappa shape index (κ1) is 13.2. The molecule has 0 aliphatic heterocycles. The average molecular weight is 258 g/mol. The van der Waals surface area contributed by atoms with Crippen molar-refractivity contribution in [1.82, 2.24) is 10.3 Å². The predicted octanol–water partition coefficient (Wildman–Crippen LogP) is 2.50. The van der Waals surface area contributed by atoms with Gasteiger partial charge in [0.15, 0.2) is 0 Å². The van der Waals surface area contributed by atoms with Crippen LogP contribution in [0.1, 0.15) is 21.6 Å². The van der Waals surface area contributed by atoms with Gasteiger partial charge in [0.1, 0.15) is 5.82 Å². The Morgan fingerprint density at radius 2 is 2.05 bits per heavy atom. The summed E-state index contributed by atoms with van der Waals surface area (Å²) in [5.41, 5.74) is 1.84. The smallest absolute Gasteiger partial charge is 0.253 e. The zero-order valence-electron chi connectivity index (χ0n) is 10.7. The van der Waals surface area contributed by atoms with Crippen LogP contribution in [-0.2, 0) is 6.42 Å². The van der Waals surface area contributed by atoms with Crippen LogP contribution in [0.15, 0.2) is 42.6 Å². The quantitative estimate of drug-likeness (QED) is 0.915. The first-order chi connectivity index (χ1) is 9.18. The van der Waals surface area contributed by atoms with Gasteiger partial charge in [-0.1, -0.05) is 18.2 Å². The number of benzene rings is 1. The van der Waals surface area contributed by atoms with Gasteiger partial charge in [-0.25, -0.2) is 4.39 Å². The van der Waals surface area contributed by atoms with Crippen LogP contribution >= 0.6 is 0 Å². The van der Waals surface area contributed by atoms with Gasteiger partial charge in [-0.15, -0.1) is 0 Å². The van der Waals surface area contributed by atoms with Crippen LogP contribution in [0.2, 0.25) is 0 Å². The molecule has 98 valence electrons.